The first-order valence-electron chi connectivity index (χ1n) is 5.12. The number of aliphatic imine (C=N–C) groups is 1. The number of rotatable bonds is 4. The highest BCUT2D eigenvalue weighted by Gasteiger charge is 2.03. The molecule has 0 spiro atoms. The molecule has 0 bridgehead atoms. The summed E-state index contributed by atoms with van der Waals surface area (Å²) in [4.78, 5) is 3.84. The normalized spacial score (nSPS) is 11.5. The Labute approximate surface area is 96.1 Å². The van der Waals surface area contributed by atoms with Gasteiger partial charge in [0.25, 0.3) is 0 Å². The summed E-state index contributed by atoms with van der Waals surface area (Å²) in [7, 11) is 3.39. The fraction of sp³-hybridized carbons (Fsp3) is 0.417. The highest BCUT2D eigenvalue weighted by molar-refractivity contribution is 5.59. The molecule has 1 aromatic rings. The Kier molecular flexibility index (Phi) is 4.64. The van der Waals surface area contributed by atoms with Crippen LogP contribution in [0.2, 0.25) is 0 Å². The number of hydrogen-bond donors (Lipinski definition) is 0. The van der Waals surface area contributed by atoms with Crippen LogP contribution >= 0.6 is 0 Å². The fourth-order valence-corrected chi connectivity index (χ4v) is 1.34. The Morgan fingerprint density at radius 3 is 2.62 bits per heavy atom. The van der Waals surface area contributed by atoms with Crippen LogP contribution in [-0.2, 0) is 0 Å². The van der Waals surface area contributed by atoms with Gasteiger partial charge in [-0.25, -0.2) is 0 Å². The van der Waals surface area contributed by atoms with Crippen molar-refractivity contribution in [1.82, 2.24) is 0 Å². The van der Waals surface area contributed by atoms with E-state index in [0.717, 1.165) is 22.6 Å². The lowest BCUT2D eigenvalue weighted by Crippen LogP contribution is -1.88. The molecule has 4 nitrogen and oxygen atoms in total. The van der Waals surface area contributed by atoms with E-state index in [0.29, 0.717) is 6.54 Å². The lowest BCUT2D eigenvalue weighted by atomic mass is 10.1. The lowest BCUT2D eigenvalue weighted by Gasteiger charge is -2.07. The maximum Gasteiger partial charge on any atom is 0.122 e. The molecule has 0 aliphatic rings. The molecule has 86 valence electrons. The van der Waals surface area contributed by atoms with Crippen molar-refractivity contribution in [3.63, 3.8) is 0 Å². The van der Waals surface area contributed by atoms with Crippen LogP contribution in [0.3, 0.4) is 0 Å². The zero-order valence-electron chi connectivity index (χ0n) is 10.2. The second-order valence-electron chi connectivity index (χ2n) is 3.47. The van der Waals surface area contributed by atoms with Crippen molar-refractivity contribution >= 4 is 11.9 Å². The maximum absolute atomic E-state index is 5.23. The van der Waals surface area contributed by atoms with Gasteiger partial charge >= 0.3 is 0 Å². The van der Waals surface area contributed by atoms with E-state index in [-0.39, 0.29) is 0 Å². The van der Waals surface area contributed by atoms with Gasteiger partial charge in [0.05, 0.1) is 19.3 Å². The molecule has 1 aromatic carbocycles. The summed E-state index contributed by atoms with van der Waals surface area (Å²) < 4.78 is 5.23. The molecule has 0 amide bonds. The van der Waals surface area contributed by atoms with Crippen LogP contribution in [0, 0.1) is 13.8 Å². The third kappa shape index (κ3) is 3.15. The van der Waals surface area contributed by atoms with Gasteiger partial charge in [-0.1, -0.05) is 0 Å². The largest absolute Gasteiger partial charge is 0.496 e. The highest BCUT2D eigenvalue weighted by Crippen LogP contribution is 2.27. The minimum atomic E-state index is 0.515. The fourth-order valence-electron chi connectivity index (χ4n) is 1.34. The molecule has 0 fully saturated rings. The zero-order chi connectivity index (χ0) is 12.0. The molecule has 0 aliphatic carbocycles. The molecule has 0 saturated heterocycles. The standard InChI is InChI=1S/C12H17N3O/c1-9-8-12(16-4)10(2)7-11(9)15-14-6-5-13-3/h5,7-8H,6H2,1-4H3. The van der Waals surface area contributed by atoms with Gasteiger partial charge in [0.1, 0.15) is 5.75 Å². The second-order valence-corrected chi connectivity index (χ2v) is 3.47. The van der Waals surface area contributed by atoms with E-state index in [9.17, 15) is 0 Å². The molecule has 4 heteroatoms. The average Bonchev–Trinajstić information content (AvgIpc) is 2.28. The number of azo groups is 1. The third-order valence-electron chi connectivity index (χ3n) is 2.24. The van der Waals surface area contributed by atoms with Crippen LogP contribution in [0.1, 0.15) is 11.1 Å². The first-order valence-corrected chi connectivity index (χ1v) is 5.12. The van der Waals surface area contributed by atoms with Gasteiger partial charge in [0.2, 0.25) is 0 Å². The average molecular weight is 219 g/mol. The maximum atomic E-state index is 5.23. The quantitative estimate of drug-likeness (QED) is 0.567. The Hall–Kier alpha value is -1.71. The number of aryl methyl sites for hydroxylation is 2. The topological polar surface area (TPSA) is 46.3 Å². The first kappa shape index (κ1) is 12.4. The van der Waals surface area contributed by atoms with Crippen molar-refractivity contribution in [1.29, 1.82) is 0 Å². The first-order chi connectivity index (χ1) is 7.69. The van der Waals surface area contributed by atoms with Gasteiger partial charge in [0.15, 0.2) is 0 Å². The molecule has 0 aliphatic heterocycles. The summed E-state index contributed by atoms with van der Waals surface area (Å²) in [5.74, 6) is 0.881. The molecule has 0 saturated carbocycles. The Morgan fingerprint density at radius 2 is 2.00 bits per heavy atom. The van der Waals surface area contributed by atoms with Crippen LogP contribution in [0.4, 0.5) is 5.69 Å². The van der Waals surface area contributed by atoms with E-state index in [1.165, 1.54) is 0 Å². The van der Waals surface area contributed by atoms with Gasteiger partial charge < -0.3 is 4.74 Å². The van der Waals surface area contributed by atoms with E-state index >= 15 is 0 Å². The number of methoxy groups -OCH3 is 1. The van der Waals surface area contributed by atoms with Crippen molar-refractivity contribution in [3.8, 4) is 5.75 Å². The third-order valence-corrected chi connectivity index (χ3v) is 2.24. The Morgan fingerprint density at radius 1 is 1.25 bits per heavy atom. The number of hydrogen-bond acceptors (Lipinski definition) is 4. The zero-order valence-corrected chi connectivity index (χ0v) is 10.2. The summed E-state index contributed by atoms with van der Waals surface area (Å²) in [5, 5.41) is 8.18. The highest BCUT2D eigenvalue weighted by atomic mass is 16.5. The minimum absolute atomic E-state index is 0.515. The molecule has 0 N–H and O–H groups in total. The molecular weight excluding hydrogens is 202 g/mol. The van der Waals surface area contributed by atoms with Crippen LogP contribution in [0.15, 0.2) is 27.4 Å². The van der Waals surface area contributed by atoms with Gasteiger partial charge in [-0.05, 0) is 37.1 Å². The predicted octanol–water partition coefficient (Wildman–Crippen LogP) is 3.10. The molecule has 0 unspecified atom stereocenters. The van der Waals surface area contributed by atoms with Crippen molar-refractivity contribution in [3.05, 3.63) is 23.3 Å². The second kappa shape index (κ2) is 6.00. The van der Waals surface area contributed by atoms with Gasteiger partial charge in [-0.3, -0.25) is 4.99 Å². The predicted molar refractivity (Wildman–Crippen MR) is 66.3 cm³/mol. The molecule has 0 aromatic heterocycles. The van der Waals surface area contributed by atoms with E-state index in [1.54, 1.807) is 20.4 Å². The molecule has 0 atom stereocenters. The Balaban J connectivity index is 2.89. The van der Waals surface area contributed by atoms with Crippen molar-refractivity contribution < 1.29 is 4.74 Å². The van der Waals surface area contributed by atoms with E-state index in [2.05, 4.69) is 15.2 Å². The van der Waals surface area contributed by atoms with Crippen LogP contribution in [0.25, 0.3) is 0 Å². The van der Waals surface area contributed by atoms with Crippen molar-refractivity contribution in [2.75, 3.05) is 20.7 Å². The molecule has 0 heterocycles. The SMILES string of the molecule is CN=CCN=Nc1cc(C)c(OC)cc1C. The van der Waals surface area contributed by atoms with Crippen LogP contribution in [0.5, 0.6) is 5.75 Å². The molecule has 1 rings (SSSR count). The van der Waals surface area contributed by atoms with Gasteiger partial charge in [0, 0.05) is 13.3 Å². The van der Waals surface area contributed by atoms with E-state index in [4.69, 9.17) is 4.74 Å². The smallest absolute Gasteiger partial charge is 0.122 e. The summed E-state index contributed by atoms with van der Waals surface area (Å²) in [5.41, 5.74) is 2.99. The molecule has 0 radical (unpaired) electrons. The minimum Gasteiger partial charge on any atom is -0.496 e. The summed E-state index contributed by atoms with van der Waals surface area (Å²) in [6.45, 7) is 4.50. The summed E-state index contributed by atoms with van der Waals surface area (Å²) >= 11 is 0. The van der Waals surface area contributed by atoms with Gasteiger partial charge in [-0.2, -0.15) is 10.2 Å². The number of benzene rings is 1. The summed E-state index contributed by atoms with van der Waals surface area (Å²) in [6, 6.07) is 3.94. The summed E-state index contributed by atoms with van der Waals surface area (Å²) in [6.07, 6.45) is 1.72. The van der Waals surface area contributed by atoms with Crippen LogP contribution < -0.4 is 4.74 Å². The number of ether oxygens (including phenoxy) is 1. The molecule has 16 heavy (non-hydrogen) atoms. The van der Waals surface area contributed by atoms with E-state index in [1.807, 2.05) is 26.0 Å². The van der Waals surface area contributed by atoms with Crippen LogP contribution in [-0.4, -0.2) is 26.9 Å². The number of nitrogens with zero attached hydrogens (tertiary/aromatic N) is 3. The Bertz CT molecular complexity index is 411. The van der Waals surface area contributed by atoms with Crippen molar-refractivity contribution in [2.24, 2.45) is 15.2 Å². The van der Waals surface area contributed by atoms with E-state index < -0.39 is 0 Å². The van der Waals surface area contributed by atoms with Crippen molar-refractivity contribution in [2.45, 2.75) is 13.8 Å². The van der Waals surface area contributed by atoms with Gasteiger partial charge in [-0.15, -0.1) is 0 Å². The lowest BCUT2D eigenvalue weighted by molar-refractivity contribution is 0.411. The molecular formula is C12H17N3O. The monoisotopic (exact) mass is 219 g/mol.